The van der Waals surface area contributed by atoms with Gasteiger partial charge in [0.1, 0.15) is 11.5 Å². The highest BCUT2D eigenvalue weighted by atomic mass is 32.2. The standard InChI is InChI=1S/C47H60O2S2/c1-45(2,3)37-27-35-31-50(9)41-25-19-11-12-20-26-42(41)51(10)32-36-28-38(46(4,5)6)30-40(34-23-17-14-18-24-34)44(36)49-47(7,8)48-43(35)39(29-37)33-21-15-13-16-22-33/h13-18,21-24,27-30,41-42H,9-12,19-20,25-26,31-32H2,1-8H3. The summed E-state index contributed by atoms with van der Waals surface area (Å²) in [5, 5.41) is 1.05. The first-order chi connectivity index (χ1) is 24.1. The molecular formula is C47H60O2S2. The largest absolute Gasteiger partial charge is 0.452 e. The molecule has 4 aromatic rings. The fraction of sp³-hybridized carbons (Fsp3) is 0.447. The molecule has 4 atom stereocenters. The van der Waals surface area contributed by atoms with Gasteiger partial charge >= 0.3 is 0 Å². The first-order valence-electron chi connectivity index (χ1n) is 18.9. The van der Waals surface area contributed by atoms with E-state index in [1.807, 2.05) is 0 Å². The maximum atomic E-state index is 7.29. The summed E-state index contributed by atoms with van der Waals surface area (Å²) in [6.45, 7) is 18.1. The Hall–Kier alpha value is -3.08. The summed E-state index contributed by atoms with van der Waals surface area (Å²) < 4.78 is 14.6. The number of hydrogen-bond acceptors (Lipinski definition) is 2. The van der Waals surface area contributed by atoms with Crippen LogP contribution in [-0.2, 0) is 22.3 Å². The zero-order chi connectivity index (χ0) is 36.6. The first-order valence-corrected chi connectivity index (χ1v) is 22.2. The number of hydrogen-bond donors (Lipinski definition) is 0. The van der Waals surface area contributed by atoms with Crippen molar-refractivity contribution in [3.8, 4) is 33.8 Å². The molecule has 0 bridgehead atoms. The number of benzene rings is 4. The van der Waals surface area contributed by atoms with Gasteiger partial charge in [0.2, 0.25) is 5.79 Å². The van der Waals surface area contributed by atoms with E-state index >= 15 is 0 Å². The average Bonchev–Trinajstić information content (AvgIpc) is 3.05. The van der Waals surface area contributed by atoms with Gasteiger partial charge in [0.05, 0.1) is 0 Å². The van der Waals surface area contributed by atoms with Gasteiger partial charge in [-0.1, -0.05) is 152 Å². The molecule has 1 aliphatic carbocycles. The van der Waals surface area contributed by atoms with Crippen molar-refractivity contribution < 1.29 is 9.47 Å². The molecule has 0 radical (unpaired) electrons. The van der Waals surface area contributed by atoms with Crippen LogP contribution < -0.4 is 9.47 Å². The first kappa shape index (κ1) is 37.7. The van der Waals surface area contributed by atoms with E-state index in [4.69, 9.17) is 21.2 Å². The Morgan fingerprint density at radius 2 is 0.941 bits per heavy atom. The van der Waals surface area contributed by atoms with Crippen LogP contribution in [0.3, 0.4) is 0 Å². The molecule has 0 spiro atoms. The van der Waals surface area contributed by atoms with Gasteiger partial charge in [-0.15, -0.1) is 0 Å². The highest BCUT2D eigenvalue weighted by Gasteiger charge is 2.34. The summed E-state index contributed by atoms with van der Waals surface area (Å²) in [7, 11) is -0.225. The van der Waals surface area contributed by atoms with Gasteiger partial charge in [0.15, 0.2) is 0 Å². The maximum Gasteiger partial charge on any atom is 0.245 e. The molecule has 0 amide bonds. The SMILES string of the molecule is C=S1Cc2cc(C(C)(C)C)cc(-c3ccccc3)c2OC(C)(C)Oc2c(cc(C(C)(C)C)cc2-c2ccccc2)CS(=C)C2CCCCCCC21. The van der Waals surface area contributed by atoms with E-state index in [9.17, 15) is 0 Å². The van der Waals surface area contributed by atoms with Crippen molar-refractivity contribution in [2.24, 2.45) is 0 Å². The predicted molar refractivity (Wildman–Crippen MR) is 229 cm³/mol. The molecule has 4 unspecified atom stereocenters. The van der Waals surface area contributed by atoms with Crippen LogP contribution in [0.2, 0.25) is 0 Å². The van der Waals surface area contributed by atoms with Crippen LogP contribution >= 0.6 is 21.0 Å². The molecule has 4 aromatic carbocycles. The smallest absolute Gasteiger partial charge is 0.245 e. The predicted octanol–water partition coefficient (Wildman–Crippen LogP) is 13.3. The highest BCUT2D eigenvalue weighted by Crippen LogP contribution is 2.49. The lowest BCUT2D eigenvalue weighted by atomic mass is 9.83. The third-order valence-electron chi connectivity index (χ3n) is 10.6. The molecule has 1 fully saturated rings. The molecule has 1 heterocycles. The van der Waals surface area contributed by atoms with Crippen LogP contribution in [0.25, 0.3) is 22.3 Å². The lowest BCUT2D eigenvalue weighted by molar-refractivity contribution is -0.0811. The molecule has 0 saturated heterocycles. The lowest BCUT2D eigenvalue weighted by Gasteiger charge is -2.34. The maximum absolute atomic E-state index is 7.29. The van der Waals surface area contributed by atoms with Gasteiger partial charge in [0, 0.05) is 58.1 Å². The van der Waals surface area contributed by atoms with E-state index in [1.165, 1.54) is 60.8 Å². The molecule has 0 aromatic heterocycles. The third kappa shape index (κ3) is 8.77. The van der Waals surface area contributed by atoms with Gasteiger partial charge in [-0.25, -0.2) is 0 Å². The summed E-state index contributed by atoms with van der Waals surface area (Å²) in [6, 6.07) is 31.1. The molecule has 2 nitrogen and oxygen atoms in total. The Morgan fingerprint density at radius 3 is 1.29 bits per heavy atom. The minimum Gasteiger partial charge on any atom is -0.452 e. The third-order valence-corrected chi connectivity index (χ3v) is 15.0. The summed E-state index contributed by atoms with van der Waals surface area (Å²) in [4.78, 5) is 0. The Morgan fingerprint density at radius 1 is 0.569 bits per heavy atom. The topological polar surface area (TPSA) is 18.5 Å². The Balaban J connectivity index is 1.63. The molecule has 51 heavy (non-hydrogen) atoms. The fourth-order valence-electron chi connectivity index (χ4n) is 7.67. The van der Waals surface area contributed by atoms with Crippen LogP contribution in [0, 0.1) is 0 Å². The van der Waals surface area contributed by atoms with E-state index in [1.54, 1.807) is 0 Å². The van der Waals surface area contributed by atoms with Gasteiger partial charge in [-0.05, 0) is 58.1 Å². The van der Waals surface area contributed by atoms with Gasteiger partial charge in [-0.3, -0.25) is 0 Å². The molecular weight excluding hydrogens is 661 g/mol. The summed E-state index contributed by atoms with van der Waals surface area (Å²) in [5.41, 5.74) is 9.64. The van der Waals surface area contributed by atoms with Crippen molar-refractivity contribution in [3.63, 3.8) is 0 Å². The van der Waals surface area contributed by atoms with E-state index in [2.05, 4.69) is 140 Å². The van der Waals surface area contributed by atoms with Crippen molar-refractivity contribution in [1.82, 2.24) is 0 Å². The Kier molecular flexibility index (Phi) is 11.2. The summed E-state index contributed by atoms with van der Waals surface area (Å²) >= 11 is 0. The van der Waals surface area contributed by atoms with E-state index in [-0.39, 0.29) is 31.8 Å². The molecule has 1 saturated carbocycles. The number of ether oxygens (including phenoxy) is 2. The lowest BCUT2D eigenvalue weighted by Crippen LogP contribution is -2.36. The Labute approximate surface area is 314 Å². The minimum absolute atomic E-state index is 0.0254. The molecule has 6 rings (SSSR count). The normalized spacial score (nSPS) is 22.9. The fourth-order valence-corrected chi connectivity index (χ4v) is 12.4. The highest BCUT2D eigenvalue weighted by molar-refractivity contribution is 8.17. The number of fused-ring (bicyclic) bond motifs is 3. The van der Waals surface area contributed by atoms with Crippen molar-refractivity contribution in [3.05, 3.63) is 107 Å². The van der Waals surface area contributed by atoms with Crippen LogP contribution in [0.1, 0.15) is 116 Å². The zero-order valence-electron chi connectivity index (χ0n) is 32.4. The van der Waals surface area contributed by atoms with Gasteiger partial charge in [-0.2, -0.15) is 21.0 Å². The summed E-state index contributed by atoms with van der Waals surface area (Å²) in [5.74, 6) is 12.7. The van der Waals surface area contributed by atoms with Crippen molar-refractivity contribution in [2.45, 2.75) is 133 Å². The zero-order valence-corrected chi connectivity index (χ0v) is 34.1. The number of rotatable bonds is 2. The molecule has 2 aliphatic rings. The second kappa shape index (κ2) is 15.1. The van der Waals surface area contributed by atoms with Gasteiger partial charge < -0.3 is 9.47 Å². The monoisotopic (exact) mass is 720 g/mol. The molecule has 0 N–H and O–H groups in total. The molecule has 272 valence electrons. The van der Waals surface area contributed by atoms with Crippen LogP contribution in [0.15, 0.2) is 84.9 Å². The summed E-state index contributed by atoms with van der Waals surface area (Å²) in [6.07, 6.45) is 7.63. The van der Waals surface area contributed by atoms with Crippen LogP contribution in [0.5, 0.6) is 11.5 Å². The van der Waals surface area contributed by atoms with Crippen LogP contribution in [0.4, 0.5) is 0 Å². The minimum atomic E-state index is -0.974. The van der Waals surface area contributed by atoms with E-state index in [0.717, 1.165) is 45.3 Å². The second-order valence-electron chi connectivity index (χ2n) is 17.3. The Bertz CT molecular complexity index is 1740. The van der Waals surface area contributed by atoms with E-state index < -0.39 is 5.79 Å². The van der Waals surface area contributed by atoms with Crippen LogP contribution in [-0.4, -0.2) is 28.0 Å². The van der Waals surface area contributed by atoms with Crippen molar-refractivity contribution in [2.75, 3.05) is 0 Å². The van der Waals surface area contributed by atoms with Crippen molar-refractivity contribution in [1.29, 1.82) is 0 Å². The average molecular weight is 721 g/mol. The van der Waals surface area contributed by atoms with E-state index in [0.29, 0.717) is 10.5 Å². The van der Waals surface area contributed by atoms with Gasteiger partial charge in [0.25, 0.3) is 0 Å². The molecule has 1 aliphatic heterocycles. The second-order valence-corrected chi connectivity index (χ2v) is 21.2. The van der Waals surface area contributed by atoms with Crippen molar-refractivity contribution >= 4 is 32.7 Å². The molecule has 4 heteroatoms. The quantitative estimate of drug-likeness (QED) is 0.192.